The van der Waals surface area contributed by atoms with Gasteiger partial charge in [-0.1, -0.05) is 0 Å². The molecule has 1 rings (SSSR count). The van der Waals surface area contributed by atoms with Gasteiger partial charge in [-0.05, 0) is 27.7 Å². The second kappa shape index (κ2) is 7.04. The van der Waals surface area contributed by atoms with Gasteiger partial charge in [-0.2, -0.15) is 0 Å². The van der Waals surface area contributed by atoms with Gasteiger partial charge in [-0.15, -0.1) is 0 Å². The smallest absolute Gasteiger partial charge is 0.407 e. The van der Waals surface area contributed by atoms with Crippen molar-refractivity contribution in [3.05, 3.63) is 24.3 Å². The predicted molar refractivity (Wildman–Crippen MR) is 72.6 cm³/mol. The zero-order valence-electron chi connectivity index (χ0n) is 11.9. The molecule has 0 spiro atoms. The van der Waals surface area contributed by atoms with Gasteiger partial charge in [-0.25, -0.2) is 4.79 Å². The van der Waals surface area contributed by atoms with Crippen LogP contribution in [0, 0.1) is 0 Å². The van der Waals surface area contributed by atoms with Gasteiger partial charge in [-0.3, -0.25) is 9.97 Å². The van der Waals surface area contributed by atoms with Crippen LogP contribution in [0.2, 0.25) is 0 Å². The number of hydrogen-bond donors (Lipinski definition) is 2. The summed E-state index contributed by atoms with van der Waals surface area (Å²) in [5.41, 5.74) is 0.392. The van der Waals surface area contributed by atoms with E-state index in [4.69, 9.17) is 4.74 Å². The Labute approximate surface area is 114 Å². The van der Waals surface area contributed by atoms with Crippen LogP contribution in [0.3, 0.4) is 0 Å². The molecule has 19 heavy (non-hydrogen) atoms. The monoisotopic (exact) mass is 266 g/mol. The molecular weight excluding hydrogens is 244 g/mol. The van der Waals surface area contributed by atoms with Gasteiger partial charge in [0.25, 0.3) is 0 Å². The lowest BCUT2D eigenvalue weighted by molar-refractivity contribution is 0.0508. The van der Waals surface area contributed by atoms with Crippen LogP contribution in [0.5, 0.6) is 0 Å². The lowest BCUT2D eigenvalue weighted by Gasteiger charge is -2.22. The molecule has 0 aliphatic carbocycles. The minimum Gasteiger partial charge on any atom is -0.444 e. The minimum absolute atomic E-state index is 0.0217. The molecular formula is C13H22N4O2. The fourth-order valence-electron chi connectivity index (χ4n) is 1.40. The average molecular weight is 266 g/mol. The number of nitrogens with one attached hydrogen (secondary N) is 2. The van der Waals surface area contributed by atoms with E-state index in [1.807, 2.05) is 27.7 Å². The maximum Gasteiger partial charge on any atom is 0.407 e. The van der Waals surface area contributed by atoms with Crippen molar-refractivity contribution >= 4 is 6.09 Å². The average Bonchev–Trinajstić information content (AvgIpc) is 2.27. The van der Waals surface area contributed by atoms with Crippen LogP contribution in [-0.2, 0) is 11.3 Å². The first-order chi connectivity index (χ1) is 8.87. The van der Waals surface area contributed by atoms with Gasteiger partial charge < -0.3 is 15.4 Å². The second-order valence-corrected chi connectivity index (χ2v) is 5.37. The summed E-state index contributed by atoms with van der Waals surface area (Å²) >= 11 is 0. The van der Waals surface area contributed by atoms with Gasteiger partial charge in [0, 0.05) is 37.7 Å². The van der Waals surface area contributed by atoms with E-state index in [-0.39, 0.29) is 6.04 Å². The molecule has 2 N–H and O–H groups in total. The Balaban J connectivity index is 2.21. The molecule has 0 saturated heterocycles. The van der Waals surface area contributed by atoms with E-state index < -0.39 is 11.7 Å². The number of aromatic nitrogens is 2. The maximum atomic E-state index is 11.5. The third-order valence-corrected chi connectivity index (χ3v) is 2.14. The van der Waals surface area contributed by atoms with Crippen molar-refractivity contribution < 1.29 is 9.53 Å². The van der Waals surface area contributed by atoms with Gasteiger partial charge in [0.1, 0.15) is 5.60 Å². The number of hydrogen-bond acceptors (Lipinski definition) is 5. The molecule has 1 atom stereocenters. The fraction of sp³-hybridized carbons (Fsp3) is 0.615. The number of carbonyl (C=O) groups excluding carboxylic acids is 1. The van der Waals surface area contributed by atoms with Gasteiger partial charge in [0.05, 0.1) is 5.69 Å². The van der Waals surface area contributed by atoms with E-state index in [0.29, 0.717) is 13.1 Å². The Morgan fingerprint density at radius 3 is 2.74 bits per heavy atom. The van der Waals surface area contributed by atoms with Gasteiger partial charge >= 0.3 is 6.09 Å². The lowest BCUT2D eigenvalue weighted by atomic mass is 10.2. The molecule has 0 fully saturated rings. The van der Waals surface area contributed by atoms with E-state index in [9.17, 15) is 4.79 Å². The first kappa shape index (κ1) is 15.4. The normalized spacial score (nSPS) is 12.8. The second-order valence-electron chi connectivity index (χ2n) is 5.37. The molecule has 1 heterocycles. The lowest BCUT2D eigenvalue weighted by Crippen LogP contribution is -2.42. The summed E-state index contributed by atoms with van der Waals surface area (Å²) in [4.78, 5) is 19.6. The van der Waals surface area contributed by atoms with Crippen LogP contribution in [0.1, 0.15) is 33.4 Å². The van der Waals surface area contributed by atoms with E-state index in [0.717, 1.165) is 5.69 Å². The Kier molecular flexibility index (Phi) is 5.69. The topological polar surface area (TPSA) is 76.1 Å². The Morgan fingerprint density at radius 2 is 2.16 bits per heavy atom. The van der Waals surface area contributed by atoms with Crippen LogP contribution in [0.15, 0.2) is 18.6 Å². The summed E-state index contributed by atoms with van der Waals surface area (Å²) in [6, 6.07) is -0.0217. The minimum atomic E-state index is -0.475. The molecule has 6 nitrogen and oxygen atoms in total. The molecule has 0 saturated carbocycles. The molecule has 0 aliphatic heterocycles. The standard InChI is InChI=1S/C13H22N4O2/c1-10(17-12(18)19-13(2,3)4)7-15-9-11-8-14-5-6-16-11/h5-6,8,10,15H,7,9H2,1-4H3,(H,17,18). The highest BCUT2D eigenvalue weighted by molar-refractivity contribution is 5.68. The Bertz CT molecular complexity index is 389. The van der Waals surface area contributed by atoms with E-state index in [1.54, 1.807) is 18.6 Å². The molecule has 1 unspecified atom stereocenters. The zero-order chi connectivity index (χ0) is 14.3. The predicted octanol–water partition coefficient (Wildman–Crippen LogP) is 1.48. The van der Waals surface area contributed by atoms with Gasteiger partial charge in [0.15, 0.2) is 0 Å². The first-order valence-corrected chi connectivity index (χ1v) is 6.32. The third kappa shape index (κ3) is 7.35. The van der Waals surface area contributed by atoms with Crippen LogP contribution < -0.4 is 10.6 Å². The van der Waals surface area contributed by atoms with Crippen molar-refractivity contribution in [2.45, 2.75) is 45.9 Å². The van der Waals surface area contributed by atoms with Gasteiger partial charge in [0.2, 0.25) is 0 Å². The summed E-state index contributed by atoms with van der Waals surface area (Å²) in [7, 11) is 0. The molecule has 0 aromatic carbocycles. The van der Waals surface area contributed by atoms with E-state index >= 15 is 0 Å². The molecule has 1 aromatic heterocycles. The highest BCUT2D eigenvalue weighted by atomic mass is 16.6. The Hall–Kier alpha value is -1.69. The van der Waals surface area contributed by atoms with Crippen LogP contribution in [-0.4, -0.2) is 34.2 Å². The van der Waals surface area contributed by atoms with Crippen LogP contribution in [0.4, 0.5) is 4.79 Å². The highest BCUT2D eigenvalue weighted by Gasteiger charge is 2.17. The number of amides is 1. The Morgan fingerprint density at radius 1 is 1.42 bits per heavy atom. The number of alkyl carbamates (subject to hydrolysis) is 1. The number of rotatable bonds is 5. The fourth-order valence-corrected chi connectivity index (χ4v) is 1.40. The summed E-state index contributed by atoms with van der Waals surface area (Å²) in [6.45, 7) is 8.67. The zero-order valence-corrected chi connectivity index (χ0v) is 11.9. The van der Waals surface area contributed by atoms with Crippen molar-refractivity contribution in [1.82, 2.24) is 20.6 Å². The quantitative estimate of drug-likeness (QED) is 0.844. The first-order valence-electron chi connectivity index (χ1n) is 6.32. The molecule has 1 amide bonds. The molecule has 1 aromatic rings. The van der Waals surface area contributed by atoms with Crippen molar-refractivity contribution in [1.29, 1.82) is 0 Å². The number of carbonyl (C=O) groups is 1. The van der Waals surface area contributed by atoms with E-state index in [1.165, 1.54) is 0 Å². The largest absolute Gasteiger partial charge is 0.444 e. The third-order valence-electron chi connectivity index (χ3n) is 2.14. The molecule has 106 valence electrons. The maximum absolute atomic E-state index is 11.5. The summed E-state index contributed by atoms with van der Waals surface area (Å²) < 4.78 is 5.17. The van der Waals surface area contributed by atoms with Crippen LogP contribution >= 0.6 is 0 Å². The summed E-state index contributed by atoms with van der Waals surface area (Å²) in [6.07, 6.45) is 4.59. The molecule has 0 radical (unpaired) electrons. The van der Waals surface area contributed by atoms with E-state index in [2.05, 4.69) is 20.6 Å². The molecule has 0 bridgehead atoms. The number of ether oxygens (including phenoxy) is 1. The van der Waals surface area contributed by atoms with Crippen LogP contribution in [0.25, 0.3) is 0 Å². The summed E-state index contributed by atoms with van der Waals surface area (Å²) in [5.74, 6) is 0. The molecule has 6 heteroatoms. The van der Waals surface area contributed by atoms with Crippen molar-refractivity contribution in [2.24, 2.45) is 0 Å². The number of nitrogens with zero attached hydrogens (tertiary/aromatic N) is 2. The SMILES string of the molecule is CC(CNCc1cnccn1)NC(=O)OC(C)(C)C. The molecule has 0 aliphatic rings. The van der Waals surface area contributed by atoms with Crippen molar-refractivity contribution in [3.8, 4) is 0 Å². The summed E-state index contributed by atoms with van der Waals surface area (Å²) in [5, 5.41) is 5.96. The van der Waals surface area contributed by atoms with Crippen molar-refractivity contribution in [3.63, 3.8) is 0 Å². The highest BCUT2D eigenvalue weighted by Crippen LogP contribution is 2.06. The van der Waals surface area contributed by atoms with Crippen molar-refractivity contribution in [2.75, 3.05) is 6.54 Å².